The minimum absolute atomic E-state index is 0.0503. The normalized spacial score (nSPS) is 12.5. The molecule has 0 aliphatic heterocycles. The number of phenolic OH excluding ortho intramolecular Hbond substituents is 1. The second-order valence-corrected chi connectivity index (χ2v) is 6.87. The Hall–Kier alpha value is -3.04. The molecule has 1 aliphatic rings. The van der Waals surface area contributed by atoms with Gasteiger partial charge in [0.15, 0.2) is 0 Å². The lowest BCUT2D eigenvalue weighted by Gasteiger charge is -2.15. The van der Waals surface area contributed by atoms with Crippen LogP contribution in [0.1, 0.15) is 27.9 Å². The van der Waals surface area contributed by atoms with E-state index in [9.17, 15) is 9.90 Å². The summed E-state index contributed by atoms with van der Waals surface area (Å²) in [5, 5.41) is 12.5. The first-order chi connectivity index (χ1) is 13.1. The molecule has 0 atom stereocenters. The van der Waals surface area contributed by atoms with Gasteiger partial charge in [-0.05, 0) is 59.4 Å². The molecule has 4 rings (SSSR count). The number of hydrogen-bond donors (Lipinski definition) is 2. The fraction of sp³-hybridized carbons (Fsp3) is 0.0870. The standard InChI is InChI=1S/C23H18ClNO2/c24-22-20(9-4-10-21(22)26)23(27)25-17-13-11-16(12-14-17)19-8-3-6-15-5-1-2-7-18(15)19/h2-4,6-14,26H,1,5H2,(H,25,27). The highest BCUT2D eigenvalue weighted by Gasteiger charge is 2.14. The number of benzene rings is 3. The minimum atomic E-state index is -0.358. The predicted molar refractivity (Wildman–Crippen MR) is 110 cm³/mol. The van der Waals surface area contributed by atoms with Crippen LogP contribution < -0.4 is 5.32 Å². The number of nitrogens with one attached hydrogen (secondary N) is 1. The lowest BCUT2D eigenvalue weighted by molar-refractivity contribution is 0.102. The molecular formula is C23H18ClNO2. The molecule has 0 saturated carbocycles. The Balaban J connectivity index is 1.58. The van der Waals surface area contributed by atoms with E-state index in [0.29, 0.717) is 5.69 Å². The van der Waals surface area contributed by atoms with Crippen LogP contribution in [0.4, 0.5) is 5.69 Å². The van der Waals surface area contributed by atoms with Crippen LogP contribution in [0.2, 0.25) is 5.02 Å². The number of phenols is 1. The van der Waals surface area contributed by atoms with Crippen LogP contribution in [-0.4, -0.2) is 11.0 Å². The van der Waals surface area contributed by atoms with Gasteiger partial charge in [-0.15, -0.1) is 0 Å². The highest BCUT2D eigenvalue weighted by molar-refractivity contribution is 6.35. The topological polar surface area (TPSA) is 49.3 Å². The van der Waals surface area contributed by atoms with Gasteiger partial charge in [-0.1, -0.05) is 60.2 Å². The maximum atomic E-state index is 12.4. The molecule has 0 heterocycles. The van der Waals surface area contributed by atoms with Crippen LogP contribution in [0.5, 0.6) is 5.75 Å². The van der Waals surface area contributed by atoms with E-state index in [1.165, 1.54) is 22.8 Å². The molecule has 134 valence electrons. The van der Waals surface area contributed by atoms with Gasteiger partial charge in [-0.3, -0.25) is 4.79 Å². The molecule has 0 bridgehead atoms. The summed E-state index contributed by atoms with van der Waals surface area (Å²) in [6, 6.07) is 18.7. The minimum Gasteiger partial charge on any atom is -0.506 e. The molecular weight excluding hydrogens is 358 g/mol. The van der Waals surface area contributed by atoms with Crippen molar-refractivity contribution in [2.45, 2.75) is 12.8 Å². The summed E-state index contributed by atoms with van der Waals surface area (Å²) < 4.78 is 0. The SMILES string of the molecule is O=C(Nc1ccc(-c2cccc3c2C=CCC3)cc1)c1cccc(O)c1Cl. The second kappa shape index (κ2) is 7.29. The monoisotopic (exact) mass is 375 g/mol. The van der Waals surface area contributed by atoms with Crippen LogP contribution in [0.15, 0.2) is 66.7 Å². The number of hydrogen-bond acceptors (Lipinski definition) is 2. The average Bonchev–Trinajstić information content (AvgIpc) is 2.70. The van der Waals surface area contributed by atoms with Crippen LogP contribution in [0.25, 0.3) is 17.2 Å². The summed E-state index contributed by atoms with van der Waals surface area (Å²) >= 11 is 6.01. The van der Waals surface area contributed by atoms with Gasteiger partial charge in [-0.25, -0.2) is 0 Å². The summed E-state index contributed by atoms with van der Waals surface area (Å²) in [7, 11) is 0. The first-order valence-electron chi connectivity index (χ1n) is 8.81. The average molecular weight is 376 g/mol. The van der Waals surface area contributed by atoms with Crippen molar-refractivity contribution < 1.29 is 9.90 Å². The predicted octanol–water partition coefficient (Wildman–Crippen LogP) is 5.92. The quantitative estimate of drug-likeness (QED) is 0.596. The summed E-state index contributed by atoms with van der Waals surface area (Å²) in [5.41, 5.74) is 5.84. The Labute approximate surface area is 162 Å². The second-order valence-electron chi connectivity index (χ2n) is 6.49. The first-order valence-corrected chi connectivity index (χ1v) is 9.19. The molecule has 0 spiro atoms. The Bertz CT molecular complexity index is 1040. The summed E-state index contributed by atoms with van der Waals surface area (Å²) in [5.74, 6) is -0.467. The number of carbonyl (C=O) groups excluding carboxylic acids is 1. The van der Waals surface area contributed by atoms with Crippen LogP contribution in [0.3, 0.4) is 0 Å². The molecule has 4 heteroatoms. The highest BCUT2D eigenvalue weighted by atomic mass is 35.5. The summed E-state index contributed by atoms with van der Waals surface area (Å²) in [6.07, 6.45) is 6.55. The molecule has 2 N–H and O–H groups in total. The van der Waals surface area contributed by atoms with Gasteiger partial charge in [0, 0.05) is 5.69 Å². The van der Waals surface area contributed by atoms with Gasteiger partial charge >= 0.3 is 0 Å². The number of fused-ring (bicyclic) bond motifs is 1. The third-order valence-corrected chi connectivity index (χ3v) is 5.14. The van der Waals surface area contributed by atoms with E-state index in [1.807, 2.05) is 24.3 Å². The van der Waals surface area contributed by atoms with Gasteiger partial charge < -0.3 is 10.4 Å². The van der Waals surface area contributed by atoms with E-state index >= 15 is 0 Å². The van der Waals surface area contributed by atoms with Gasteiger partial charge in [0.2, 0.25) is 0 Å². The largest absolute Gasteiger partial charge is 0.506 e. The molecule has 1 amide bonds. The summed E-state index contributed by atoms with van der Waals surface area (Å²) in [4.78, 5) is 12.4. The highest BCUT2D eigenvalue weighted by Crippen LogP contribution is 2.32. The van der Waals surface area contributed by atoms with E-state index in [2.05, 4.69) is 35.7 Å². The number of allylic oxidation sites excluding steroid dienone is 1. The summed E-state index contributed by atoms with van der Waals surface area (Å²) in [6.45, 7) is 0. The van der Waals surface area contributed by atoms with E-state index in [1.54, 1.807) is 12.1 Å². The Morgan fingerprint density at radius 3 is 2.59 bits per heavy atom. The van der Waals surface area contributed by atoms with E-state index in [0.717, 1.165) is 18.4 Å². The molecule has 0 radical (unpaired) electrons. The van der Waals surface area contributed by atoms with Crippen LogP contribution in [0, 0.1) is 0 Å². The van der Waals surface area contributed by atoms with Gasteiger partial charge in [-0.2, -0.15) is 0 Å². The van der Waals surface area contributed by atoms with Crippen molar-refractivity contribution in [2.75, 3.05) is 5.32 Å². The number of rotatable bonds is 3. The fourth-order valence-electron chi connectivity index (χ4n) is 3.35. The molecule has 0 fully saturated rings. The molecule has 3 aromatic carbocycles. The van der Waals surface area contributed by atoms with Crippen molar-refractivity contribution in [2.24, 2.45) is 0 Å². The zero-order chi connectivity index (χ0) is 18.8. The number of aryl methyl sites for hydroxylation is 1. The Kier molecular flexibility index (Phi) is 4.69. The molecule has 3 nitrogen and oxygen atoms in total. The van der Waals surface area contributed by atoms with Gasteiger partial charge in [0.1, 0.15) is 5.75 Å². The molecule has 0 saturated heterocycles. The molecule has 0 aromatic heterocycles. The van der Waals surface area contributed by atoms with Crippen molar-refractivity contribution in [3.8, 4) is 16.9 Å². The fourth-order valence-corrected chi connectivity index (χ4v) is 3.56. The number of anilines is 1. The maximum Gasteiger partial charge on any atom is 0.257 e. The van der Waals surface area contributed by atoms with E-state index in [-0.39, 0.29) is 22.2 Å². The molecule has 3 aromatic rings. The van der Waals surface area contributed by atoms with Gasteiger partial charge in [0.25, 0.3) is 5.91 Å². The molecule has 27 heavy (non-hydrogen) atoms. The lowest BCUT2D eigenvalue weighted by Crippen LogP contribution is -2.12. The number of carbonyl (C=O) groups is 1. The maximum absolute atomic E-state index is 12.4. The smallest absolute Gasteiger partial charge is 0.257 e. The van der Waals surface area contributed by atoms with Crippen LogP contribution >= 0.6 is 11.6 Å². The van der Waals surface area contributed by atoms with E-state index in [4.69, 9.17) is 11.6 Å². The third kappa shape index (κ3) is 3.46. The van der Waals surface area contributed by atoms with Crippen LogP contribution in [-0.2, 0) is 6.42 Å². The van der Waals surface area contributed by atoms with Gasteiger partial charge in [0.05, 0.1) is 10.6 Å². The number of amides is 1. The van der Waals surface area contributed by atoms with E-state index < -0.39 is 0 Å². The van der Waals surface area contributed by atoms with Crippen molar-refractivity contribution in [3.63, 3.8) is 0 Å². The Morgan fingerprint density at radius 2 is 1.78 bits per heavy atom. The zero-order valence-corrected chi connectivity index (χ0v) is 15.3. The van der Waals surface area contributed by atoms with Crippen molar-refractivity contribution in [3.05, 3.63) is 88.5 Å². The van der Waals surface area contributed by atoms with Crippen molar-refractivity contribution >= 4 is 29.3 Å². The molecule has 1 aliphatic carbocycles. The first kappa shape index (κ1) is 17.4. The number of aromatic hydroxyl groups is 1. The van der Waals surface area contributed by atoms with Crippen molar-refractivity contribution in [1.29, 1.82) is 0 Å². The number of halogens is 1. The van der Waals surface area contributed by atoms with Crippen molar-refractivity contribution in [1.82, 2.24) is 0 Å². The zero-order valence-electron chi connectivity index (χ0n) is 14.6. The molecule has 0 unspecified atom stereocenters. The third-order valence-electron chi connectivity index (χ3n) is 4.74. The lowest BCUT2D eigenvalue weighted by atomic mass is 9.90. The Morgan fingerprint density at radius 1 is 1.00 bits per heavy atom.